The van der Waals surface area contributed by atoms with Crippen molar-refractivity contribution in [2.45, 2.75) is 0 Å². The number of para-hydroxylation sites is 1. The fourth-order valence-corrected chi connectivity index (χ4v) is 1.49. The second-order valence-corrected chi connectivity index (χ2v) is 3.19. The monoisotopic (exact) mass is 219 g/mol. The number of carbonyl (C=O) groups excluding carboxylic acids is 1. The van der Waals surface area contributed by atoms with E-state index in [9.17, 15) is 14.7 Å². The van der Waals surface area contributed by atoms with E-state index >= 15 is 0 Å². The molecule has 1 heterocycles. The van der Waals surface area contributed by atoms with Crippen molar-refractivity contribution in [2.24, 2.45) is 0 Å². The minimum Gasteiger partial charge on any atom is -0.501 e. The molecule has 0 saturated carbocycles. The molecule has 1 aromatic carbocycles. The van der Waals surface area contributed by atoms with E-state index in [1.807, 2.05) is 0 Å². The zero-order valence-corrected chi connectivity index (χ0v) is 8.48. The van der Waals surface area contributed by atoms with Gasteiger partial charge in [0.1, 0.15) is 5.58 Å². The van der Waals surface area contributed by atoms with E-state index in [2.05, 4.69) is 5.32 Å². The molecule has 0 unspecified atom stereocenters. The molecule has 1 amide bonds. The minimum absolute atomic E-state index is 0.0608. The van der Waals surface area contributed by atoms with Crippen LogP contribution in [0.25, 0.3) is 11.0 Å². The summed E-state index contributed by atoms with van der Waals surface area (Å²) >= 11 is 0. The number of carbonyl (C=O) groups is 1. The Labute approximate surface area is 90.3 Å². The molecule has 82 valence electrons. The Kier molecular flexibility index (Phi) is 2.36. The Balaban J connectivity index is 2.92. The van der Waals surface area contributed by atoms with Crippen LogP contribution < -0.4 is 10.9 Å². The molecule has 0 aliphatic rings. The Morgan fingerprint density at radius 2 is 2.06 bits per heavy atom. The van der Waals surface area contributed by atoms with Crippen molar-refractivity contribution < 1.29 is 14.3 Å². The van der Waals surface area contributed by atoms with E-state index in [1.165, 1.54) is 7.05 Å². The molecule has 1 aromatic heterocycles. The van der Waals surface area contributed by atoms with Crippen LogP contribution in [-0.2, 0) is 0 Å². The fraction of sp³-hybridized carbons (Fsp3) is 0.0909. The van der Waals surface area contributed by atoms with Crippen LogP contribution in [-0.4, -0.2) is 18.1 Å². The molecule has 0 atom stereocenters. The lowest BCUT2D eigenvalue weighted by Gasteiger charge is -2.05. The van der Waals surface area contributed by atoms with Gasteiger partial charge in [0.2, 0.25) is 5.75 Å². The van der Waals surface area contributed by atoms with Gasteiger partial charge in [-0.3, -0.25) is 4.79 Å². The SMILES string of the molecule is CNC(=O)c1c(O)c(=O)oc2ccccc12. The van der Waals surface area contributed by atoms with E-state index in [-0.39, 0.29) is 11.1 Å². The van der Waals surface area contributed by atoms with Crippen molar-refractivity contribution in [1.29, 1.82) is 0 Å². The van der Waals surface area contributed by atoms with Gasteiger partial charge in [-0.15, -0.1) is 0 Å². The zero-order valence-electron chi connectivity index (χ0n) is 8.48. The molecular weight excluding hydrogens is 210 g/mol. The van der Waals surface area contributed by atoms with Gasteiger partial charge in [-0.25, -0.2) is 4.79 Å². The molecule has 0 bridgehead atoms. The lowest BCUT2D eigenvalue weighted by Crippen LogP contribution is -2.20. The normalized spacial score (nSPS) is 10.3. The standard InChI is InChI=1S/C11H9NO4/c1-12-10(14)8-6-4-2-3-5-7(6)16-11(15)9(8)13/h2-5,13H,1H3,(H,12,14). The number of rotatable bonds is 1. The van der Waals surface area contributed by atoms with Crippen molar-refractivity contribution in [2.75, 3.05) is 7.05 Å². The number of aromatic hydroxyl groups is 1. The number of nitrogens with one attached hydrogen (secondary N) is 1. The largest absolute Gasteiger partial charge is 0.501 e. The van der Waals surface area contributed by atoms with Gasteiger partial charge in [0.05, 0.1) is 5.56 Å². The molecule has 0 radical (unpaired) electrons. The van der Waals surface area contributed by atoms with Gasteiger partial charge in [-0.1, -0.05) is 18.2 Å². The molecule has 0 saturated heterocycles. The van der Waals surface area contributed by atoms with Crippen LogP contribution >= 0.6 is 0 Å². The lowest BCUT2D eigenvalue weighted by molar-refractivity contribution is 0.0961. The van der Waals surface area contributed by atoms with Crippen molar-refractivity contribution in [3.8, 4) is 5.75 Å². The van der Waals surface area contributed by atoms with Gasteiger partial charge >= 0.3 is 5.63 Å². The predicted molar refractivity (Wildman–Crippen MR) is 57.5 cm³/mol. The Bertz CT molecular complexity index is 615. The Hall–Kier alpha value is -2.30. The summed E-state index contributed by atoms with van der Waals surface area (Å²) in [6.07, 6.45) is 0. The van der Waals surface area contributed by atoms with Crippen molar-refractivity contribution in [1.82, 2.24) is 5.32 Å². The van der Waals surface area contributed by atoms with Crippen LogP contribution in [0.2, 0.25) is 0 Å². The first-order valence-electron chi connectivity index (χ1n) is 4.62. The Morgan fingerprint density at radius 3 is 2.75 bits per heavy atom. The van der Waals surface area contributed by atoms with E-state index in [4.69, 9.17) is 4.42 Å². The highest BCUT2D eigenvalue weighted by Gasteiger charge is 2.18. The molecule has 2 N–H and O–H groups in total. The number of hydrogen-bond donors (Lipinski definition) is 2. The van der Waals surface area contributed by atoms with E-state index in [0.29, 0.717) is 5.39 Å². The quantitative estimate of drug-likeness (QED) is 0.697. The number of benzene rings is 1. The van der Waals surface area contributed by atoms with Crippen LogP contribution in [0.1, 0.15) is 10.4 Å². The smallest absolute Gasteiger partial charge is 0.379 e. The maximum atomic E-state index is 11.5. The number of amides is 1. The van der Waals surface area contributed by atoms with Crippen LogP contribution in [0, 0.1) is 0 Å². The highest BCUT2D eigenvalue weighted by atomic mass is 16.4. The molecule has 5 nitrogen and oxygen atoms in total. The molecule has 0 aliphatic heterocycles. The highest BCUT2D eigenvalue weighted by Crippen LogP contribution is 2.23. The second-order valence-electron chi connectivity index (χ2n) is 3.19. The van der Waals surface area contributed by atoms with Crippen LogP contribution in [0.15, 0.2) is 33.5 Å². The van der Waals surface area contributed by atoms with Crippen LogP contribution in [0.4, 0.5) is 0 Å². The summed E-state index contributed by atoms with van der Waals surface area (Å²) in [4.78, 5) is 22.8. The zero-order chi connectivity index (χ0) is 11.7. The van der Waals surface area contributed by atoms with Crippen LogP contribution in [0.3, 0.4) is 0 Å². The van der Waals surface area contributed by atoms with Gasteiger partial charge in [0.25, 0.3) is 5.91 Å². The first-order valence-corrected chi connectivity index (χ1v) is 4.62. The summed E-state index contributed by atoms with van der Waals surface area (Å²) in [6, 6.07) is 6.52. The predicted octanol–water partition coefficient (Wildman–Crippen LogP) is 0.858. The molecule has 2 aromatic rings. The maximum absolute atomic E-state index is 11.5. The molecule has 0 fully saturated rings. The summed E-state index contributed by atoms with van der Waals surface area (Å²) in [5, 5.41) is 12.3. The summed E-state index contributed by atoms with van der Waals surface area (Å²) in [5.41, 5.74) is -0.712. The molecule has 5 heteroatoms. The summed E-state index contributed by atoms with van der Waals surface area (Å²) in [6.45, 7) is 0. The van der Waals surface area contributed by atoms with Crippen LogP contribution in [0.5, 0.6) is 5.75 Å². The highest BCUT2D eigenvalue weighted by molar-refractivity contribution is 6.07. The third-order valence-corrected chi connectivity index (χ3v) is 2.24. The minimum atomic E-state index is -0.919. The first-order chi connectivity index (χ1) is 7.65. The molecule has 0 spiro atoms. The van der Waals surface area contributed by atoms with Gasteiger partial charge in [0.15, 0.2) is 0 Å². The summed E-state index contributed by atoms with van der Waals surface area (Å²) < 4.78 is 4.84. The Morgan fingerprint density at radius 1 is 1.38 bits per heavy atom. The molecule has 16 heavy (non-hydrogen) atoms. The molecule has 2 rings (SSSR count). The molecular formula is C11H9NO4. The second kappa shape index (κ2) is 3.69. The third kappa shape index (κ3) is 1.42. The lowest BCUT2D eigenvalue weighted by atomic mass is 10.1. The van der Waals surface area contributed by atoms with Crippen molar-refractivity contribution in [3.05, 3.63) is 40.2 Å². The number of fused-ring (bicyclic) bond motifs is 1. The van der Waals surface area contributed by atoms with E-state index < -0.39 is 17.3 Å². The molecule has 0 aliphatic carbocycles. The average Bonchev–Trinajstić information content (AvgIpc) is 2.30. The van der Waals surface area contributed by atoms with E-state index in [1.54, 1.807) is 24.3 Å². The van der Waals surface area contributed by atoms with Gasteiger partial charge in [-0.05, 0) is 6.07 Å². The van der Waals surface area contributed by atoms with Crippen molar-refractivity contribution >= 4 is 16.9 Å². The topological polar surface area (TPSA) is 79.5 Å². The summed E-state index contributed by atoms with van der Waals surface area (Å²) in [5.74, 6) is -1.19. The van der Waals surface area contributed by atoms with E-state index in [0.717, 1.165) is 0 Å². The van der Waals surface area contributed by atoms with Gasteiger partial charge in [-0.2, -0.15) is 0 Å². The summed E-state index contributed by atoms with van der Waals surface area (Å²) in [7, 11) is 1.42. The maximum Gasteiger partial charge on any atom is 0.379 e. The first kappa shape index (κ1) is 10.2. The van der Waals surface area contributed by atoms with Gasteiger partial charge < -0.3 is 14.8 Å². The number of hydrogen-bond acceptors (Lipinski definition) is 4. The average molecular weight is 219 g/mol. The van der Waals surface area contributed by atoms with Crippen molar-refractivity contribution in [3.63, 3.8) is 0 Å². The van der Waals surface area contributed by atoms with Gasteiger partial charge in [0, 0.05) is 12.4 Å². The third-order valence-electron chi connectivity index (χ3n) is 2.24. The fourth-order valence-electron chi connectivity index (χ4n) is 1.49.